The monoisotopic (exact) mass is 266 g/mol. The van der Waals surface area contributed by atoms with Crippen LogP contribution in [0.2, 0.25) is 0 Å². The van der Waals surface area contributed by atoms with Crippen LogP contribution in [0.25, 0.3) is 0 Å². The summed E-state index contributed by atoms with van der Waals surface area (Å²) in [6.45, 7) is 0.784. The molecule has 1 spiro atoms. The number of rotatable bonds is 3. The number of carbonyl (C=O) groups excluding carboxylic acids is 1. The number of nitrogens with one attached hydrogen (secondary N) is 2. The summed E-state index contributed by atoms with van der Waals surface area (Å²) in [5.74, 6) is 0.605. The summed E-state index contributed by atoms with van der Waals surface area (Å²) in [6.07, 6.45) is 5.43. The molecule has 0 unspecified atom stereocenters. The molecule has 2 aliphatic carbocycles. The summed E-state index contributed by atoms with van der Waals surface area (Å²) >= 11 is 0. The molecule has 4 rings (SSSR count). The minimum Gasteiger partial charge on any atom is -0.357 e. The van der Waals surface area contributed by atoms with Gasteiger partial charge in [-0.1, -0.05) is 24.3 Å². The van der Waals surface area contributed by atoms with Crippen LogP contribution in [0.5, 0.6) is 0 Å². The van der Waals surface area contributed by atoms with Gasteiger partial charge in [-0.15, -0.1) is 0 Å². The van der Waals surface area contributed by atoms with E-state index in [4.69, 9.17) is 0 Å². The predicted molar refractivity (Wildman–Crippen MR) is 77.7 cm³/mol. The molecule has 1 aromatic heterocycles. The van der Waals surface area contributed by atoms with E-state index in [2.05, 4.69) is 34.6 Å². The van der Waals surface area contributed by atoms with Gasteiger partial charge in [-0.25, -0.2) is 0 Å². The number of aryl methyl sites for hydroxylation is 1. The highest BCUT2D eigenvalue weighted by Crippen LogP contribution is 2.61. The van der Waals surface area contributed by atoms with Gasteiger partial charge >= 0.3 is 0 Å². The number of hydrogen-bond donors (Lipinski definition) is 2. The maximum absolute atomic E-state index is 11.9. The third kappa shape index (κ3) is 1.69. The standard InChI is InChI=1S/C17H18N2O/c20-16(15-6-3-9-18-15)19-11-13-10-17(13)8-7-12-4-1-2-5-14(12)17/h1-6,9,13,18H,7-8,10-11H2,(H,19,20)/t13-,17+/m1/s1. The van der Waals surface area contributed by atoms with Crippen molar-refractivity contribution in [2.24, 2.45) is 5.92 Å². The fourth-order valence-electron chi connectivity index (χ4n) is 3.78. The Morgan fingerprint density at radius 1 is 1.30 bits per heavy atom. The van der Waals surface area contributed by atoms with Crippen molar-refractivity contribution in [3.63, 3.8) is 0 Å². The minimum atomic E-state index is 0.00309. The van der Waals surface area contributed by atoms with Crippen molar-refractivity contribution >= 4 is 5.91 Å². The van der Waals surface area contributed by atoms with Crippen molar-refractivity contribution in [3.8, 4) is 0 Å². The number of carbonyl (C=O) groups is 1. The van der Waals surface area contributed by atoms with Crippen LogP contribution < -0.4 is 5.32 Å². The molecular formula is C17H18N2O. The van der Waals surface area contributed by atoms with Crippen molar-refractivity contribution in [1.82, 2.24) is 10.3 Å². The van der Waals surface area contributed by atoms with E-state index >= 15 is 0 Å². The van der Waals surface area contributed by atoms with Gasteiger partial charge in [0.15, 0.2) is 0 Å². The normalized spacial score (nSPS) is 26.5. The second-order valence-electron chi connectivity index (χ2n) is 6.01. The molecule has 3 nitrogen and oxygen atoms in total. The molecule has 20 heavy (non-hydrogen) atoms. The van der Waals surface area contributed by atoms with Crippen molar-refractivity contribution in [1.29, 1.82) is 0 Å². The zero-order chi connectivity index (χ0) is 13.6. The third-order valence-electron chi connectivity index (χ3n) is 4.98. The molecular weight excluding hydrogens is 248 g/mol. The molecule has 0 bridgehead atoms. The van der Waals surface area contributed by atoms with E-state index in [0.29, 0.717) is 17.0 Å². The van der Waals surface area contributed by atoms with E-state index in [0.717, 1.165) is 6.54 Å². The Morgan fingerprint density at radius 2 is 2.20 bits per heavy atom. The van der Waals surface area contributed by atoms with E-state index in [1.165, 1.54) is 30.4 Å². The number of amides is 1. The summed E-state index contributed by atoms with van der Waals surface area (Å²) in [7, 11) is 0. The number of fused-ring (bicyclic) bond motifs is 2. The molecule has 2 aromatic rings. The number of H-pyrrole nitrogens is 1. The van der Waals surface area contributed by atoms with Gasteiger partial charge in [0.2, 0.25) is 0 Å². The molecule has 1 heterocycles. The van der Waals surface area contributed by atoms with Crippen molar-refractivity contribution in [3.05, 3.63) is 59.4 Å². The third-order valence-corrected chi connectivity index (χ3v) is 4.98. The van der Waals surface area contributed by atoms with Crippen LogP contribution in [0.1, 0.15) is 34.5 Å². The van der Waals surface area contributed by atoms with Crippen LogP contribution in [0.15, 0.2) is 42.6 Å². The Balaban J connectivity index is 1.43. The Hall–Kier alpha value is -2.03. The Kier molecular flexibility index (Phi) is 2.49. The first kappa shape index (κ1) is 11.8. The molecule has 102 valence electrons. The summed E-state index contributed by atoms with van der Waals surface area (Å²) in [5.41, 5.74) is 4.04. The van der Waals surface area contributed by atoms with Crippen LogP contribution in [-0.4, -0.2) is 17.4 Å². The minimum absolute atomic E-state index is 0.00309. The Labute approximate surface area is 118 Å². The molecule has 1 aromatic carbocycles. The molecule has 1 fully saturated rings. The smallest absolute Gasteiger partial charge is 0.267 e. The Morgan fingerprint density at radius 3 is 3.05 bits per heavy atom. The van der Waals surface area contributed by atoms with Crippen molar-refractivity contribution in [2.75, 3.05) is 6.54 Å². The average molecular weight is 266 g/mol. The molecule has 1 amide bonds. The summed E-state index contributed by atoms with van der Waals surface area (Å²) in [6, 6.07) is 12.4. The molecule has 3 heteroatoms. The highest BCUT2D eigenvalue weighted by Gasteiger charge is 2.57. The quantitative estimate of drug-likeness (QED) is 0.881. The summed E-state index contributed by atoms with van der Waals surface area (Å²) < 4.78 is 0. The van der Waals surface area contributed by atoms with Gasteiger partial charge in [0.05, 0.1) is 0 Å². The van der Waals surface area contributed by atoms with Crippen LogP contribution in [0, 0.1) is 5.92 Å². The zero-order valence-corrected chi connectivity index (χ0v) is 11.4. The first-order valence-electron chi connectivity index (χ1n) is 7.29. The molecule has 0 saturated heterocycles. The number of benzene rings is 1. The number of hydrogen-bond acceptors (Lipinski definition) is 1. The van der Waals surface area contributed by atoms with Gasteiger partial charge in [0.1, 0.15) is 5.69 Å². The summed E-state index contributed by atoms with van der Waals surface area (Å²) in [4.78, 5) is 14.9. The van der Waals surface area contributed by atoms with Crippen LogP contribution >= 0.6 is 0 Å². The SMILES string of the molecule is O=C(NC[C@H]1C[C@@]12CCc1ccccc12)c1ccc[nH]1. The van der Waals surface area contributed by atoms with Crippen molar-refractivity contribution < 1.29 is 4.79 Å². The first-order valence-corrected chi connectivity index (χ1v) is 7.29. The highest BCUT2D eigenvalue weighted by atomic mass is 16.1. The van der Waals surface area contributed by atoms with E-state index in [-0.39, 0.29) is 5.91 Å². The second kappa shape index (κ2) is 4.23. The molecule has 1 saturated carbocycles. The van der Waals surface area contributed by atoms with Gasteiger partial charge in [-0.2, -0.15) is 0 Å². The molecule has 0 aliphatic heterocycles. The topological polar surface area (TPSA) is 44.9 Å². The maximum atomic E-state index is 11.9. The van der Waals surface area contributed by atoms with Gasteiger partial charge in [0, 0.05) is 18.2 Å². The number of aromatic amines is 1. The lowest BCUT2D eigenvalue weighted by Crippen LogP contribution is -2.27. The lowest BCUT2D eigenvalue weighted by molar-refractivity contribution is 0.0946. The zero-order valence-electron chi connectivity index (χ0n) is 11.4. The summed E-state index contributed by atoms with van der Waals surface area (Å²) in [5, 5.41) is 3.06. The van der Waals surface area contributed by atoms with Gasteiger partial charge in [-0.3, -0.25) is 4.79 Å². The van der Waals surface area contributed by atoms with E-state index in [9.17, 15) is 4.79 Å². The fraction of sp³-hybridized carbons (Fsp3) is 0.353. The fourth-order valence-corrected chi connectivity index (χ4v) is 3.78. The van der Waals surface area contributed by atoms with Crippen molar-refractivity contribution in [2.45, 2.75) is 24.7 Å². The van der Waals surface area contributed by atoms with Crippen LogP contribution in [-0.2, 0) is 11.8 Å². The van der Waals surface area contributed by atoms with Crippen LogP contribution in [0.3, 0.4) is 0 Å². The van der Waals surface area contributed by atoms with Gasteiger partial charge in [0.25, 0.3) is 5.91 Å². The lowest BCUT2D eigenvalue weighted by atomic mass is 9.95. The maximum Gasteiger partial charge on any atom is 0.267 e. The van der Waals surface area contributed by atoms with Gasteiger partial charge in [-0.05, 0) is 48.4 Å². The van der Waals surface area contributed by atoms with Gasteiger partial charge < -0.3 is 10.3 Å². The molecule has 2 aliphatic rings. The molecule has 2 N–H and O–H groups in total. The van der Waals surface area contributed by atoms with E-state index in [1.807, 2.05) is 12.1 Å². The predicted octanol–water partition coefficient (Wildman–Crippen LogP) is 2.65. The second-order valence-corrected chi connectivity index (χ2v) is 6.01. The molecule has 0 radical (unpaired) electrons. The largest absolute Gasteiger partial charge is 0.357 e. The van der Waals surface area contributed by atoms with Crippen LogP contribution in [0.4, 0.5) is 0 Å². The van der Waals surface area contributed by atoms with E-state index in [1.54, 1.807) is 6.20 Å². The first-order chi connectivity index (χ1) is 9.79. The van der Waals surface area contributed by atoms with E-state index < -0.39 is 0 Å². The number of aromatic nitrogens is 1. The Bertz CT molecular complexity index is 647. The highest BCUT2D eigenvalue weighted by molar-refractivity contribution is 5.92. The lowest BCUT2D eigenvalue weighted by Gasteiger charge is -2.12. The molecule has 2 atom stereocenters. The average Bonchev–Trinajstić information content (AvgIpc) is 2.83.